The van der Waals surface area contributed by atoms with Gasteiger partial charge < -0.3 is 4.74 Å². The summed E-state index contributed by atoms with van der Waals surface area (Å²) in [5.41, 5.74) is 1.56. The number of hydrogen-bond acceptors (Lipinski definition) is 5. The number of carbonyl (C=O) groups excluding carboxylic acids is 4. The van der Waals surface area contributed by atoms with Crippen LogP contribution < -0.4 is 4.74 Å². The van der Waals surface area contributed by atoms with Gasteiger partial charge in [-0.2, -0.15) is 0 Å². The molecule has 0 fully saturated rings. The molecule has 0 aliphatic carbocycles. The molecule has 0 spiro atoms. The van der Waals surface area contributed by atoms with E-state index in [0.29, 0.717) is 40.7 Å². The Morgan fingerprint density at radius 1 is 0.871 bits per heavy atom. The highest BCUT2D eigenvalue weighted by molar-refractivity contribution is 6.25. The van der Waals surface area contributed by atoms with Gasteiger partial charge in [0.2, 0.25) is 0 Å². The number of amides is 2. The van der Waals surface area contributed by atoms with Gasteiger partial charge in [-0.25, -0.2) is 0 Å². The van der Waals surface area contributed by atoms with Gasteiger partial charge in [0, 0.05) is 41.5 Å². The number of benzene rings is 3. The van der Waals surface area contributed by atoms with Crippen molar-refractivity contribution in [3.63, 3.8) is 0 Å². The van der Waals surface area contributed by atoms with Gasteiger partial charge in [-0.15, -0.1) is 0 Å². The second-order valence-electron chi connectivity index (χ2n) is 7.35. The molecule has 31 heavy (non-hydrogen) atoms. The van der Waals surface area contributed by atoms with E-state index in [9.17, 15) is 19.2 Å². The number of ketones is 1. The minimum atomic E-state index is -0.464. The second kappa shape index (κ2) is 8.52. The van der Waals surface area contributed by atoms with E-state index in [1.54, 1.807) is 55.5 Å². The number of carbonyl (C=O) groups is 4. The van der Waals surface area contributed by atoms with E-state index in [1.807, 2.05) is 12.1 Å². The number of rotatable bonds is 7. The van der Waals surface area contributed by atoms with Crippen molar-refractivity contribution in [1.82, 2.24) is 4.90 Å². The highest BCUT2D eigenvalue weighted by atomic mass is 16.5. The maximum absolute atomic E-state index is 12.9. The van der Waals surface area contributed by atoms with Crippen molar-refractivity contribution < 1.29 is 23.9 Å². The van der Waals surface area contributed by atoms with Crippen molar-refractivity contribution >= 4 is 34.3 Å². The Bertz CT molecular complexity index is 1150. The number of nitrogens with zero attached hydrogens (tertiary/aromatic N) is 1. The van der Waals surface area contributed by atoms with E-state index in [1.165, 1.54) is 4.90 Å². The maximum Gasteiger partial charge on any atom is 0.311 e. The van der Waals surface area contributed by atoms with Crippen molar-refractivity contribution in [2.45, 2.75) is 26.2 Å². The summed E-state index contributed by atoms with van der Waals surface area (Å²) >= 11 is 0. The van der Waals surface area contributed by atoms with Crippen LogP contribution in [-0.4, -0.2) is 35.0 Å². The lowest BCUT2D eigenvalue weighted by molar-refractivity contribution is -0.134. The zero-order valence-electron chi connectivity index (χ0n) is 17.1. The van der Waals surface area contributed by atoms with Crippen LogP contribution in [0, 0.1) is 0 Å². The quantitative estimate of drug-likeness (QED) is 0.247. The number of ether oxygens (including phenoxy) is 1. The Hall–Kier alpha value is -3.80. The molecule has 0 saturated heterocycles. The first kappa shape index (κ1) is 20.5. The molecule has 6 heteroatoms. The van der Waals surface area contributed by atoms with E-state index < -0.39 is 5.97 Å². The molecule has 2 amide bonds. The molecule has 0 aromatic heterocycles. The standard InChI is InChI=1S/C25H21NO5/c1-2-21(27)16-11-13-18(14-12-16)31-22(28)10-5-15-26-24(29)19-8-3-6-17-7-4-9-20(23(17)19)25(26)30/h3-4,6-9,11-14H,2,5,10,15H2,1H3. The fourth-order valence-electron chi connectivity index (χ4n) is 3.76. The second-order valence-corrected chi connectivity index (χ2v) is 7.35. The SMILES string of the molecule is CCC(=O)c1ccc(OC(=O)CCCN2C(=O)c3cccc4cccc(c34)C2=O)cc1. The summed E-state index contributed by atoms with van der Waals surface area (Å²) in [6.45, 7) is 1.91. The van der Waals surface area contributed by atoms with Crippen LogP contribution in [0.25, 0.3) is 10.8 Å². The lowest BCUT2D eigenvalue weighted by Gasteiger charge is -2.27. The third-order valence-corrected chi connectivity index (χ3v) is 5.35. The third-order valence-electron chi connectivity index (χ3n) is 5.35. The highest BCUT2D eigenvalue weighted by Crippen LogP contribution is 2.30. The first-order valence-corrected chi connectivity index (χ1v) is 10.2. The summed E-state index contributed by atoms with van der Waals surface area (Å²) in [6, 6.07) is 17.2. The average molecular weight is 415 g/mol. The molecule has 0 bridgehead atoms. The molecule has 1 aliphatic heterocycles. The normalized spacial score (nSPS) is 12.9. The Balaban J connectivity index is 1.37. The average Bonchev–Trinajstić information content (AvgIpc) is 2.79. The summed E-state index contributed by atoms with van der Waals surface area (Å²) in [5.74, 6) is -0.791. The summed E-state index contributed by atoms with van der Waals surface area (Å²) in [6.07, 6.45) is 0.755. The van der Waals surface area contributed by atoms with Crippen molar-refractivity contribution in [3.8, 4) is 5.75 Å². The van der Waals surface area contributed by atoms with Gasteiger partial charge in [0.1, 0.15) is 5.75 Å². The monoisotopic (exact) mass is 415 g/mol. The van der Waals surface area contributed by atoms with Crippen LogP contribution >= 0.6 is 0 Å². The molecule has 4 rings (SSSR count). The summed E-state index contributed by atoms with van der Waals surface area (Å²) < 4.78 is 5.29. The van der Waals surface area contributed by atoms with E-state index in [-0.39, 0.29) is 30.6 Å². The van der Waals surface area contributed by atoms with E-state index >= 15 is 0 Å². The van der Waals surface area contributed by atoms with Gasteiger partial charge in [-0.1, -0.05) is 31.2 Å². The molecule has 0 atom stereocenters. The lowest BCUT2D eigenvalue weighted by atomic mass is 9.94. The van der Waals surface area contributed by atoms with Gasteiger partial charge in [-0.3, -0.25) is 24.1 Å². The molecule has 0 unspecified atom stereocenters. The van der Waals surface area contributed by atoms with Gasteiger partial charge in [0.25, 0.3) is 11.8 Å². The third kappa shape index (κ3) is 3.97. The molecule has 6 nitrogen and oxygen atoms in total. The molecule has 1 heterocycles. The van der Waals surface area contributed by atoms with Gasteiger partial charge in [-0.05, 0) is 48.2 Å². The minimum Gasteiger partial charge on any atom is -0.427 e. The Morgan fingerprint density at radius 2 is 1.48 bits per heavy atom. The molecule has 1 aliphatic rings. The number of esters is 1. The smallest absolute Gasteiger partial charge is 0.311 e. The first-order chi connectivity index (χ1) is 15.0. The molecule has 0 saturated carbocycles. The molecular formula is C25H21NO5. The van der Waals surface area contributed by atoms with Crippen LogP contribution in [0.15, 0.2) is 60.7 Å². The zero-order chi connectivity index (χ0) is 22.0. The van der Waals surface area contributed by atoms with Crippen LogP contribution in [0.4, 0.5) is 0 Å². The molecule has 0 radical (unpaired) electrons. The van der Waals surface area contributed by atoms with Crippen molar-refractivity contribution in [1.29, 1.82) is 0 Å². The molecular weight excluding hydrogens is 394 g/mol. The topological polar surface area (TPSA) is 80.8 Å². The van der Waals surface area contributed by atoms with E-state index in [2.05, 4.69) is 0 Å². The number of Topliss-reactive ketones (excluding diaryl/α,β-unsaturated/α-hetero) is 1. The zero-order valence-corrected chi connectivity index (χ0v) is 17.1. The first-order valence-electron chi connectivity index (χ1n) is 10.2. The molecule has 3 aromatic carbocycles. The predicted molar refractivity (Wildman–Crippen MR) is 115 cm³/mol. The largest absolute Gasteiger partial charge is 0.427 e. The van der Waals surface area contributed by atoms with Crippen molar-refractivity contribution in [2.24, 2.45) is 0 Å². The van der Waals surface area contributed by atoms with Crippen LogP contribution in [0.1, 0.15) is 57.3 Å². The number of imide groups is 1. The van der Waals surface area contributed by atoms with Crippen molar-refractivity contribution in [2.75, 3.05) is 6.54 Å². The lowest BCUT2D eigenvalue weighted by Crippen LogP contribution is -2.41. The minimum absolute atomic E-state index is 0.0195. The van der Waals surface area contributed by atoms with Gasteiger partial charge in [0.15, 0.2) is 5.78 Å². The van der Waals surface area contributed by atoms with E-state index in [4.69, 9.17) is 4.74 Å². The highest BCUT2D eigenvalue weighted by Gasteiger charge is 2.32. The molecule has 0 N–H and O–H groups in total. The maximum atomic E-state index is 12.9. The van der Waals surface area contributed by atoms with Gasteiger partial charge in [0.05, 0.1) is 0 Å². The Labute approximate surface area is 179 Å². The van der Waals surface area contributed by atoms with Crippen LogP contribution in [-0.2, 0) is 4.79 Å². The fourth-order valence-corrected chi connectivity index (χ4v) is 3.76. The van der Waals surface area contributed by atoms with Crippen LogP contribution in [0.3, 0.4) is 0 Å². The summed E-state index contributed by atoms with van der Waals surface area (Å²) in [7, 11) is 0. The number of hydrogen-bond donors (Lipinski definition) is 0. The fraction of sp³-hybridized carbons (Fsp3) is 0.200. The summed E-state index contributed by atoms with van der Waals surface area (Å²) in [5, 5.41) is 1.53. The Kier molecular flexibility index (Phi) is 5.62. The summed E-state index contributed by atoms with van der Waals surface area (Å²) in [4.78, 5) is 50.7. The predicted octanol–water partition coefficient (Wildman–Crippen LogP) is 4.41. The van der Waals surface area contributed by atoms with Gasteiger partial charge >= 0.3 is 5.97 Å². The molecule has 3 aromatic rings. The van der Waals surface area contributed by atoms with Crippen LogP contribution in [0.5, 0.6) is 5.75 Å². The van der Waals surface area contributed by atoms with Crippen LogP contribution in [0.2, 0.25) is 0 Å². The van der Waals surface area contributed by atoms with E-state index in [0.717, 1.165) is 5.39 Å². The molecule has 156 valence electrons. The van der Waals surface area contributed by atoms with Crippen molar-refractivity contribution in [3.05, 3.63) is 77.4 Å². The Morgan fingerprint density at radius 3 is 2.06 bits per heavy atom.